The number of aromatic nitrogens is 5. The van der Waals surface area contributed by atoms with Crippen LogP contribution in [0.4, 0.5) is 0 Å². The van der Waals surface area contributed by atoms with Crippen LogP contribution in [0, 0.1) is 6.92 Å². The van der Waals surface area contributed by atoms with Crippen LogP contribution >= 0.6 is 0 Å². The first-order valence-corrected chi connectivity index (χ1v) is 7.43. The van der Waals surface area contributed by atoms with Crippen LogP contribution in [-0.2, 0) is 0 Å². The zero-order valence-electron chi connectivity index (χ0n) is 12.9. The van der Waals surface area contributed by atoms with Crippen LogP contribution in [0.2, 0.25) is 0 Å². The normalized spacial score (nSPS) is 10.9. The molecule has 2 aromatic carbocycles. The second-order valence-corrected chi connectivity index (χ2v) is 5.34. The van der Waals surface area contributed by atoms with E-state index in [4.69, 9.17) is 0 Å². The van der Waals surface area contributed by atoms with Crippen molar-refractivity contribution in [1.29, 1.82) is 0 Å². The van der Waals surface area contributed by atoms with Gasteiger partial charge in [-0.3, -0.25) is 14.8 Å². The number of nitrogens with zero attached hydrogens (tertiary/aromatic N) is 5. The minimum absolute atomic E-state index is 0.247. The lowest BCUT2D eigenvalue weighted by molar-refractivity contribution is 0.101. The van der Waals surface area contributed by atoms with E-state index in [-0.39, 0.29) is 5.91 Å². The molecule has 0 aliphatic heterocycles. The minimum Gasteiger partial charge on any atom is -0.297 e. The van der Waals surface area contributed by atoms with Crippen LogP contribution in [0.3, 0.4) is 0 Å². The molecule has 7 heteroatoms. The van der Waals surface area contributed by atoms with Crippen molar-refractivity contribution in [3.8, 4) is 5.69 Å². The Morgan fingerprint density at radius 3 is 2.54 bits per heavy atom. The van der Waals surface area contributed by atoms with Crippen molar-refractivity contribution in [2.45, 2.75) is 6.92 Å². The minimum atomic E-state index is -0.247. The van der Waals surface area contributed by atoms with Gasteiger partial charge in [0.15, 0.2) is 0 Å². The van der Waals surface area contributed by atoms with Gasteiger partial charge >= 0.3 is 0 Å². The molecule has 118 valence electrons. The molecule has 0 saturated carbocycles. The predicted molar refractivity (Wildman–Crippen MR) is 89.5 cm³/mol. The zero-order chi connectivity index (χ0) is 16.5. The summed E-state index contributed by atoms with van der Waals surface area (Å²) in [5.74, 6) is 0.621. The third kappa shape index (κ3) is 2.41. The Morgan fingerprint density at radius 1 is 1.04 bits per heavy atom. The molecule has 0 atom stereocenters. The molecule has 2 aromatic heterocycles. The molecule has 0 spiro atoms. The summed E-state index contributed by atoms with van der Waals surface area (Å²) >= 11 is 0. The number of carbonyl (C=O) groups excluding carboxylic acids is 1. The Morgan fingerprint density at radius 2 is 1.79 bits per heavy atom. The highest BCUT2D eigenvalue weighted by Gasteiger charge is 2.12. The molecule has 1 amide bonds. The smallest absolute Gasteiger partial charge is 0.270 e. The maximum Gasteiger partial charge on any atom is 0.270 e. The van der Waals surface area contributed by atoms with Crippen molar-refractivity contribution in [2.75, 3.05) is 5.43 Å². The number of para-hydroxylation sites is 1. The first-order chi connectivity index (χ1) is 11.7. The summed E-state index contributed by atoms with van der Waals surface area (Å²) < 4.78 is 3.47. The van der Waals surface area contributed by atoms with E-state index in [9.17, 15) is 4.79 Å². The molecule has 0 aliphatic carbocycles. The lowest BCUT2D eigenvalue weighted by Crippen LogP contribution is -2.21. The van der Waals surface area contributed by atoms with Gasteiger partial charge in [-0.05, 0) is 37.3 Å². The van der Waals surface area contributed by atoms with Crippen molar-refractivity contribution >= 4 is 16.9 Å². The van der Waals surface area contributed by atoms with Crippen LogP contribution in [0.15, 0.2) is 61.2 Å². The van der Waals surface area contributed by atoms with Gasteiger partial charge in [-0.25, -0.2) is 9.66 Å². The second-order valence-electron chi connectivity index (χ2n) is 5.34. The average Bonchev–Trinajstić information content (AvgIpc) is 3.21. The molecule has 1 N–H and O–H groups in total. The summed E-state index contributed by atoms with van der Waals surface area (Å²) in [6.07, 6.45) is 2.84. The van der Waals surface area contributed by atoms with Gasteiger partial charge < -0.3 is 0 Å². The van der Waals surface area contributed by atoms with Gasteiger partial charge in [0.05, 0.1) is 11.0 Å². The van der Waals surface area contributed by atoms with E-state index in [1.807, 2.05) is 43.3 Å². The number of amides is 1. The molecule has 7 nitrogen and oxygen atoms in total. The Labute approximate surface area is 137 Å². The number of aryl methyl sites for hydroxylation is 1. The average molecular weight is 318 g/mol. The highest BCUT2D eigenvalue weighted by atomic mass is 16.2. The Bertz CT molecular complexity index is 1000. The lowest BCUT2D eigenvalue weighted by atomic mass is 10.2. The number of imidazole rings is 1. The van der Waals surface area contributed by atoms with E-state index in [0.29, 0.717) is 5.56 Å². The van der Waals surface area contributed by atoms with Gasteiger partial charge in [-0.15, -0.1) is 10.2 Å². The van der Waals surface area contributed by atoms with Gasteiger partial charge in [0, 0.05) is 11.3 Å². The molecule has 4 aromatic rings. The van der Waals surface area contributed by atoms with E-state index in [0.717, 1.165) is 22.5 Å². The number of benzene rings is 2. The summed E-state index contributed by atoms with van der Waals surface area (Å²) in [6.45, 7) is 1.95. The van der Waals surface area contributed by atoms with E-state index < -0.39 is 0 Å². The largest absolute Gasteiger partial charge is 0.297 e. The van der Waals surface area contributed by atoms with E-state index in [2.05, 4.69) is 25.2 Å². The summed E-state index contributed by atoms with van der Waals surface area (Å²) in [6, 6.07) is 15.5. The van der Waals surface area contributed by atoms with Gasteiger partial charge in [0.2, 0.25) is 0 Å². The Hall–Kier alpha value is -3.48. The highest BCUT2D eigenvalue weighted by Crippen LogP contribution is 2.22. The molecule has 0 bridgehead atoms. The van der Waals surface area contributed by atoms with Crippen LogP contribution < -0.4 is 5.43 Å². The van der Waals surface area contributed by atoms with Gasteiger partial charge in [-0.1, -0.05) is 18.2 Å². The lowest BCUT2D eigenvalue weighted by Gasteiger charge is -2.07. The quantitative estimate of drug-likeness (QED) is 0.629. The topological polar surface area (TPSA) is 77.6 Å². The Kier molecular flexibility index (Phi) is 3.31. The van der Waals surface area contributed by atoms with Gasteiger partial charge in [-0.2, -0.15) is 0 Å². The van der Waals surface area contributed by atoms with Crippen molar-refractivity contribution in [3.63, 3.8) is 0 Å². The summed E-state index contributed by atoms with van der Waals surface area (Å²) in [4.78, 5) is 16.9. The maximum absolute atomic E-state index is 12.3. The van der Waals surface area contributed by atoms with Crippen molar-refractivity contribution in [2.24, 2.45) is 0 Å². The number of rotatable bonds is 3. The first kappa shape index (κ1) is 14.1. The monoisotopic (exact) mass is 318 g/mol. The Balaban J connectivity index is 1.73. The van der Waals surface area contributed by atoms with Gasteiger partial charge in [0.25, 0.3) is 5.91 Å². The summed E-state index contributed by atoms with van der Waals surface area (Å²) in [5, 5.41) is 7.30. The molecule has 0 unspecified atom stereocenters. The molecular formula is C17H14N6O. The maximum atomic E-state index is 12.3. The van der Waals surface area contributed by atoms with Crippen LogP contribution in [0.5, 0.6) is 0 Å². The number of nitrogens with one attached hydrogen (secondary N) is 1. The summed E-state index contributed by atoms with van der Waals surface area (Å²) in [5.41, 5.74) is 5.97. The van der Waals surface area contributed by atoms with E-state index in [1.165, 1.54) is 17.3 Å². The molecule has 0 radical (unpaired) electrons. The van der Waals surface area contributed by atoms with E-state index >= 15 is 0 Å². The third-order valence-corrected chi connectivity index (χ3v) is 3.75. The van der Waals surface area contributed by atoms with Crippen molar-refractivity contribution < 1.29 is 4.79 Å². The predicted octanol–water partition coefficient (Wildman–Crippen LogP) is 2.31. The molecule has 4 rings (SSSR count). The number of carbonyl (C=O) groups is 1. The second kappa shape index (κ2) is 5.62. The number of hydrogen-bond acceptors (Lipinski definition) is 4. The highest BCUT2D eigenvalue weighted by molar-refractivity contribution is 6.02. The van der Waals surface area contributed by atoms with Crippen LogP contribution in [-0.4, -0.2) is 30.3 Å². The molecular weight excluding hydrogens is 304 g/mol. The zero-order valence-corrected chi connectivity index (χ0v) is 12.9. The molecule has 0 fully saturated rings. The standard InChI is InChI=1S/C17H14N6O/c1-12-20-15-9-13(17(24)21-22-10-18-19-11-22)7-8-16(15)23(12)14-5-3-2-4-6-14/h2-11H,1H3,(H,21,24). The fraction of sp³-hybridized carbons (Fsp3) is 0.0588. The number of hydrogen-bond donors (Lipinski definition) is 1. The fourth-order valence-corrected chi connectivity index (χ4v) is 2.69. The summed E-state index contributed by atoms with van der Waals surface area (Å²) in [7, 11) is 0. The molecule has 0 saturated heterocycles. The molecule has 0 aliphatic rings. The SMILES string of the molecule is Cc1nc2cc(C(=O)Nn3cnnc3)ccc2n1-c1ccccc1. The van der Waals surface area contributed by atoms with Gasteiger partial charge in [0.1, 0.15) is 18.5 Å². The molecule has 24 heavy (non-hydrogen) atoms. The van der Waals surface area contributed by atoms with Crippen molar-refractivity contribution in [1.82, 2.24) is 24.4 Å². The van der Waals surface area contributed by atoms with Crippen LogP contribution in [0.25, 0.3) is 16.7 Å². The van der Waals surface area contributed by atoms with Crippen molar-refractivity contribution in [3.05, 3.63) is 72.6 Å². The fourth-order valence-electron chi connectivity index (χ4n) is 2.69. The molecule has 2 heterocycles. The number of fused-ring (bicyclic) bond motifs is 1. The van der Waals surface area contributed by atoms with Crippen LogP contribution in [0.1, 0.15) is 16.2 Å². The van der Waals surface area contributed by atoms with E-state index in [1.54, 1.807) is 12.1 Å². The first-order valence-electron chi connectivity index (χ1n) is 7.43. The third-order valence-electron chi connectivity index (χ3n) is 3.75.